The molecule has 0 saturated carbocycles. The number of aliphatic hydroxyl groups excluding tert-OH is 1. The molecule has 1 aromatic rings. The Morgan fingerprint density at radius 3 is 2.33 bits per heavy atom. The van der Waals surface area contributed by atoms with Gasteiger partial charge in [-0.05, 0) is 32.3 Å². The first-order valence-corrected chi connectivity index (χ1v) is 6.66. The van der Waals surface area contributed by atoms with Crippen LogP contribution < -0.4 is 5.32 Å². The number of carbonyl (C=O) groups excluding carboxylic acids is 1. The van der Waals surface area contributed by atoms with Crippen LogP contribution in [0, 0.1) is 0 Å². The molecule has 2 N–H and O–H groups in total. The number of rotatable bonds is 3. The fraction of sp³-hybridized carbons (Fsp3) is 0.750. The monoisotopic (exact) mass is 271 g/mol. The van der Waals surface area contributed by atoms with E-state index in [0.717, 1.165) is 11.5 Å². The zero-order valence-corrected chi connectivity index (χ0v) is 12.6. The maximum absolute atomic E-state index is 12.2. The van der Waals surface area contributed by atoms with Gasteiger partial charge in [0.1, 0.15) is 4.88 Å². The summed E-state index contributed by atoms with van der Waals surface area (Å²) in [4.78, 5) is 12.7. The third-order valence-electron chi connectivity index (χ3n) is 2.88. The molecule has 0 spiro atoms. The van der Waals surface area contributed by atoms with E-state index in [2.05, 4.69) is 14.9 Å². The van der Waals surface area contributed by atoms with Crippen molar-refractivity contribution in [3.8, 4) is 0 Å². The zero-order chi connectivity index (χ0) is 14.1. The summed E-state index contributed by atoms with van der Waals surface area (Å²) in [5, 5.41) is 16.5. The number of hydrogen-bond acceptors (Lipinski definition) is 5. The Bertz CT molecular complexity index is 433. The number of nitrogens with one attached hydrogen (secondary N) is 1. The molecule has 0 aromatic carbocycles. The summed E-state index contributed by atoms with van der Waals surface area (Å²) < 4.78 is 3.85. The molecular weight excluding hydrogens is 250 g/mol. The molecule has 0 aliphatic heterocycles. The first kappa shape index (κ1) is 15.0. The summed E-state index contributed by atoms with van der Waals surface area (Å²) in [6.45, 7) is 11.2. The first-order chi connectivity index (χ1) is 8.05. The van der Waals surface area contributed by atoms with Crippen molar-refractivity contribution in [3.63, 3.8) is 0 Å². The third-order valence-corrected chi connectivity index (χ3v) is 3.61. The second-order valence-corrected chi connectivity index (χ2v) is 6.81. The normalized spacial score (nSPS) is 14.4. The number of carbonyl (C=O) groups is 1. The minimum Gasteiger partial charge on any atom is -0.391 e. The minimum atomic E-state index is -0.684. The summed E-state index contributed by atoms with van der Waals surface area (Å²) in [5.41, 5.74) is -0.225. The van der Waals surface area contributed by atoms with Gasteiger partial charge in [0, 0.05) is 5.41 Å². The number of hydrogen-bond donors (Lipinski definition) is 2. The zero-order valence-electron chi connectivity index (χ0n) is 11.7. The van der Waals surface area contributed by atoms with E-state index in [1.165, 1.54) is 0 Å². The van der Waals surface area contributed by atoms with E-state index in [-0.39, 0.29) is 11.3 Å². The van der Waals surface area contributed by atoms with Crippen LogP contribution in [0.3, 0.4) is 0 Å². The quantitative estimate of drug-likeness (QED) is 0.878. The lowest BCUT2D eigenvalue weighted by Crippen LogP contribution is -2.51. The van der Waals surface area contributed by atoms with Crippen molar-refractivity contribution < 1.29 is 9.90 Å². The van der Waals surface area contributed by atoms with E-state index in [1.54, 1.807) is 20.8 Å². The van der Waals surface area contributed by atoms with Crippen LogP contribution in [-0.2, 0) is 5.41 Å². The Hall–Kier alpha value is -1.01. The van der Waals surface area contributed by atoms with Crippen LogP contribution in [0.25, 0.3) is 0 Å². The van der Waals surface area contributed by atoms with Crippen molar-refractivity contribution in [1.82, 2.24) is 14.9 Å². The van der Waals surface area contributed by atoms with Gasteiger partial charge < -0.3 is 10.4 Å². The van der Waals surface area contributed by atoms with E-state index in [0.29, 0.717) is 10.6 Å². The van der Waals surface area contributed by atoms with Gasteiger partial charge in [-0.25, -0.2) is 0 Å². The van der Waals surface area contributed by atoms with E-state index in [9.17, 15) is 9.90 Å². The SMILES string of the molecule is CC(O)C(C)(C)NC(=O)c1snnc1C(C)(C)C. The fourth-order valence-corrected chi connectivity index (χ4v) is 2.06. The molecule has 1 atom stereocenters. The van der Waals surface area contributed by atoms with E-state index >= 15 is 0 Å². The molecule has 5 nitrogen and oxygen atoms in total. The van der Waals surface area contributed by atoms with Crippen LogP contribution in [0.5, 0.6) is 0 Å². The second-order valence-electron chi connectivity index (χ2n) is 6.05. The van der Waals surface area contributed by atoms with Gasteiger partial charge in [0.2, 0.25) is 0 Å². The highest BCUT2D eigenvalue weighted by Crippen LogP contribution is 2.26. The van der Waals surface area contributed by atoms with Crippen LogP contribution in [0.4, 0.5) is 0 Å². The lowest BCUT2D eigenvalue weighted by Gasteiger charge is -2.29. The molecule has 1 heterocycles. The first-order valence-electron chi connectivity index (χ1n) is 5.89. The molecule has 102 valence electrons. The Balaban J connectivity index is 2.97. The van der Waals surface area contributed by atoms with Crippen LogP contribution in [0.15, 0.2) is 0 Å². The minimum absolute atomic E-state index is 0.228. The van der Waals surface area contributed by atoms with E-state index in [4.69, 9.17) is 0 Å². The maximum atomic E-state index is 12.2. The Kier molecular flexibility index (Phi) is 4.12. The highest BCUT2D eigenvalue weighted by Gasteiger charge is 2.31. The van der Waals surface area contributed by atoms with Crippen LogP contribution in [0.2, 0.25) is 0 Å². The molecule has 1 aromatic heterocycles. The molecule has 0 fully saturated rings. The van der Waals surface area contributed by atoms with Gasteiger partial charge >= 0.3 is 0 Å². The highest BCUT2D eigenvalue weighted by molar-refractivity contribution is 7.08. The number of nitrogens with zero attached hydrogens (tertiary/aromatic N) is 2. The van der Waals surface area contributed by atoms with Crippen molar-refractivity contribution >= 4 is 17.4 Å². The summed E-state index contributed by atoms with van der Waals surface area (Å²) in [6.07, 6.45) is -0.639. The summed E-state index contributed by atoms with van der Waals surface area (Å²) >= 11 is 1.08. The fourth-order valence-electron chi connectivity index (χ4n) is 1.28. The third kappa shape index (κ3) is 3.26. The van der Waals surface area contributed by atoms with E-state index < -0.39 is 11.6 Å². The van der Waals surface area contributed by atoms with Gasteiger partial charge in [0.25, 0.3) is 5.91 Å². The summed E-state index contributed by atoms with van der Waals surface area (Å²) in [6, 6.07) is 0. The smallest absolute Gasteiger partial charge is 0.265 e. The average Bonchev–Trinajstić information content (AvgIpc) is 2.63. The van der Waals surface area contributed by atoms with Crippen LogP contribution >= 0.6 is 11.5 Å². The standard InChI is InChI=1S/C12H21N3O2S/c1-7(16)12(5,6)13-10(17)8-9(11(2,3)4)14-15-18-8/h7,16H,1-6H3,(H,13,17). The number of aliphatic hydroxyl groups is 1. The molecule has 0 bridgehead atoms. The lowest BCUT2D eigenvalue weighted by atomic mass is 9.91. The molecule has 0 aliphatic rings. The summed E-state index contributed by atoms with van der Waals surface area (Å²) in [7, 11) is 0. The van der Waals surface area contributed by atoms with Crippen molar-refractivity contribution in [3.05, 3.63) is 10.6 Å². The Labute approximate surface area is 112 Å². The van der Waals surface area contributed by atoms with Crippen molar-refractivity contribution in [2.24, 2.45) is 0 Å². The predicted molar refractivity (Wildman–Crippen MR) is 71.8 cm³/mol. The van der Waals surface area contributed by atoms with Gasteiger partial charge in [-0.2, -0.15) is 0 Å². The van der Waals surface area contributed by atoms with Crippen molar-refractivity contribution in [1.29, 1.82) is 0 Å². The van der Waals surface area contributed by atoms with Gasteiger partial charge in [-0.1, -0.05) is 25.3 Å². The van der Waals surface area contributed by atoms with Crippen LogP contribution in [0.1, 0.15) is 56.9 Å². The second kappa shape index (κ2) is 4.93. The van der Waals surface area contributed by atoms with Crippen molar-refractivity contribution in [2.45, 2.75) is 58.6 Å². The molecular formula is C12H21N3O2S. The number of amides is 1. The Morgan fingerprint density at radius 2 is 1.89 bits per heavy atom. The maximum Gasteiger partial charge on any atom is 0.265 e. The lowest BCUT2D eigenvalue weighted by molar-refractivity contribution is 0.0711. The molecule has 1 rings (SSSR count). The van der Waals surface area contributed by atoms with Gasteiger partial charge in [0.15, 0.2) is 0 Å². The predicted octanol–water partition coefficient (Wildman–Crippen LogP) is 1.72. The summed E-state index contributed by atoms with van der Waals surface area (Å²) in [5.74, 6) is -0.235. The molecule has 18 heavy (non-hydrogen) atoms. The van der Waals surface area contributed by atoms with Gasteiger partial charge in [0.05, 0.1) is 17.3 Å². The highest BCUT2D eigenvalue weighted by atomic mass is 32.1. The molecule has 0 saturated heterocycles. The van der Waals surface area contributed by atoms with Crippen molar-refractivity contribution in [2.75, 3.05) is 0 Å². The molecule has 6 heteroatoms. The van der Waals surface area contributed by atoms with Crippen LogP contribution in [-0.4, -0.2) is 32.2 Å². The molecule has 0 radical (unpaired) electrons. The van der Waals surface area contributed by atoms with Gasteiger partial charge in [-0.3, -0.25) is 4.79 Å². The largest absolute Gasteiger partial charge is 0.391 e. The van der Waals surface area contributed by atoms with E-state index in [1.807, 2.05) is 20.8 Å². The molecule has 1 amide bonds. The number of aromatic nitrogens is 2. The Morgan fingerprint density at radius 1 is 1.33 bits per heavy atom. The molecule has 0 aliphatic carbocycles. The topological polar surface area (TPSA) is 75.1 Å². The molecule has 1 unspecified atom stereocenters. The average molecular weight is 271 g/mol. The van der Waals surface area contributed by atoms with Gasteiger partial charge in [-0.15, -0.1) is 5.10 Å².